The van der Waals surface area contributed by atoms with E-state index in [1.165, 1.54) is 6.08 Å². The molecule has 0 bridgehead atoms. The molecule has 1 heterocycles. The van der Waals surface area contributed by atoms with Crippen LogP contribution in [0, 0.1) is 0 Å². The molecule has 0 unspecified atom stereocenters. The molecular formula is C9H9NO. The predicted molar refractivity (Wildman–Crippen MR) is 45.2 cm³/mol. The van der Waals surface area contributed by atoms with Crippen molar-refractivity contribution in [3.8, 4) is 0 Å². The van der Waals surface area contributed by atoms with Crippen LogP contribution >= 0.6 is 0 Å². The van der Waals surface area contributed by atoms with E-state index < -0.39 is 0 Å². The highest BCUT2D eigenvalue weighted by molar-refractivity contribution is 5.44. The molecule has 1 N–H and O–H groups in total. The van der Waals surface area contributed by atoms with Crippen molar-refractivity contribution in [1.82, 2.24) is 4.98 Å². The van der Waals surface area contributed by atoms with Crippen molar-refractivity contribution in [1.29, 1.82) is 0 Å². The van der Waals surface area contributed by atoms with E-state index in [1.54, 1.807) is 18.3 Å². The van der Waals surface area contributed by atoms with Crippen molar-refractivity contribution in [2.45, 2.75) is 0 Å². The molecule has 1 rings (SSSR count). The SMILES string of the molecule is C=C/C(O)=c1/ncccc1=C. The first-order valence-electron chi connectivity index (χ1n) is 3.21. The fraction of sp³-hybridized carbons (Fsp3) is 0. The first kappa shape index (κ1) is 7.54. The van der Waals surface area contributed by atoms with Crippen molar-refractivity contribution < 1.29 is 5.11 Å². The molecule has 0 radical (unpaired) electrons. The van der Waals surface area contributed by atoms with E-state index >= 15 is 0 Å². The summed E-state index contributed by atoms with van der Waals surface area (Å²) in [6.07, 6.45) is 2.95. The number of aromatic nitrogens is 1. The molecule has 2 nitrogen and oxygen atoms in total. The molecule has 2 heteroatoms. The molecule has 1 aromatic rings. The molecule has 0 amide bonds. The summed E-state index contributed by atoms with van der Waals surface area (Å²) < 4.78 is 0. The number of pyridine rings is 1. The second-order valence-electron chi connectivity index (χ2n) is 2.10. The van der Waals surface area contributed by atoms with Crippen LogP contribution in [0.15, 0.2) is 31.0 Å². The van der Waals surface area contributed by atoms with Gasteiger partial charge in [0.25, 0.3) is 0 Å². The third-order valence-corrected chi connectivity index (χ3v) is 1.33. The first-order valence-corrected chi connectivity index (χ1v) is 3.21. The van der Waals surface area contributed by atoms with E-state index in [9.17, 15) is 5.11 Å². The van der Waals surface area contributed by atoms with Gasteiger partial charge in [-0.05, 0) is 17.4 Å². The smallest absolute Gasteiger partial charge is 0.141 e. The van der Waals surface area contributed by atoms with Gasteiger partial charge in [0.05, 0.1) is 0 Å². The van der Waals surface area contributed by atoms with E-state index in [0.717, 1.165) is 0 Å². The van der Waals surface area contributed by atoms with Gasteiger partial charge in [-0.3, -0.25) is 4.98 Å². The normalized spacial score (nSPS) is 12.4. The van der Waals surface area contributed by atoms with Crippen molar-refractivity contribution in [3.63, 3.8) is 0 Å². The molecule has 1 aromatic heterocycles. The van der Waals surface area contributed by atoms with Gasteiger partial charge in [0.15, 0.2) is 0 Å². The van der Waals surface area contributed by atoms with E-state index in [1.807, 2.05) is 0 Å². The van der Waals surface area contributed by atoms with Crippen molar-refractivity contribution in [2.75, 3.05) is 0 Å². The average Bonchev–Trinajstić information content (AvgIpc) is 2.04. The zero-order valence-corrected chi connectivity index (χ0v) is 6.12. The number of aliphatic hydroxyl groups excluding tert-OH is 1. The summed E-state index contributed by atoms with van der Waals surface area (Å²) in [7, 11) is 0. The summed E-state index contributed by atoms with van der Waals surface area (Å²) in [5, 5.41) is 10.4. The van der Waals surface area contributed by atoms with Gasteiger partial charge in [-0.2, -0.15) is 0 Å². The Morgan fingerprint density at radius 1 is 1.64 bits per heavy atom. The third-order valence-electron chi connectivity index (χ3n) is 1.33. The third kappa shape index (κ3) is 1.46. The summed E-state index contributed by atoms with van der Waals surface area (Å²) in [6, 6.07) is 3.55. The highest BCUT2D eigenvalue weighted by Crippen LogP contribution is 1.80. The Kier molecular flexibility index (Phi) is 2.06. The summed E-state index contributed by atoms with van der Waals surface area (Å²) in [4.78, 5) is 3.93. The lowest BCUT2D eigenvalue weighted by molar-refractivity contribution is 0.509. The van der Waals surface area contributed by atoms with Gasteiger partial charge in [0, 0.05) is 6.20 Å². The van der Waals surface area contributed by atoms with Gasteiger partial charge in [-0.25, -0.2) is 0 Å². The zero-order chi connectivity index (χ0) is 8.27. The van der Waals surface area contributed by atoms with Crippen LogP contribution < -0.4 is 10.6 Å². The maximum absolute atomic E-state index is 9.21. The first-order chi connectivity index (χ1) is 5.25. The molecule has 0 aromatic carbocycles. The van der Waals surface area contributed by atoms with Gasteiger partial charge in [0.1, 0.15) is 11.1 Å². The predicted octanol–water partition coefficient (Wildman–Crippen LogP) is 0.344. The maximum atomic E-state index is 9.21. The van der Waals surface area contributed by atoms with Crippen molar-refractivity contribution in [2.24, 2.45) is 0 Å². The van der Waals surface area contributed by atoms with Gasteiger partial charge in [0.2, 0.25) is 0 Å². The van der Waals surface area contributed by atoms with Crippen LogP contribution in [-0.4, -0.2) is 10.1 Å². The number of hydrogen-bond donors (Lipinski definition) is 1. The summed E-state index contributed by atoms with van der Waals surface area (Å²) in [5.74, 6) is 0.0654. The molecule has 0 aliphatic rings. The van der Waals surface area contributed by atoms with Crippen LogP contribution in [0.1, 0.15) is 0 Å². The van der Waals surface area contributed by atoms with Crippen molar-refractivity contribution in [3.05, 3.63) is 41.6 Å². The van der Waals surface area contributed by atoms with E-state index in [-0.39, 0.29) is 5.76 Å². The van der Waals surface area contributed by atoms with Crippen LogP contribution in [0.5, 0.6) is 0 Å². The molecule has 0 saturated heterocycles. The molecule has 0 atom stereocenters. The van der Waals surface area contributed by atoms with Crippen LogP contribution in [0.4, 0.5) is 0 Å². The number of nitrogens with zero attached hydrogens (tertiary/aromatic N) is 1. The standard InChI is InChI=1S/C9H9NO/c1-3-8(11)9-7(2)5-4-6-10-9/h3-6,11H,1-2H2/b9-8-. The molecule has 0 saturated carbocycles. The molecular weight excluding hydrogens is 138 g/mol. The Hall–Kier alpha value is -1.57. The monoisotopic (exact) mass is 147 g/mol. The average molecular weight is 147 g/mol. The lowest BCUT2D eigenvalue weighted by Gasteiger charge is -1.89. The van der Waals surface area contributed by atoms with Crippen LogP contribution in [-0.2, 0) is 0 Å². The lowest BCUT2D eigenvalue weighted by atomic mass is 10.3. The fourth-order valence-corrected chi connectivity index (χ4v) is 0.766. The van der Waals surface area contributed by atoms with Gasteiger partial charge >= 0.3 is 0 Å². The summed E-state index contributed by atoms with van der Waals surface area (Å²) >= 11 is 0. The van der Waals surface area contributed by atoms with Gasteiger partial charge in [-0.1, -0.05) is 19.2 Å². The molecule has 0 aliphatic carbocycles. The van der Waals surface area contributed by atoms with E-state index in [2.05, 4.69) is 18.1 Å². The van der Waals surface area contributed by atoms with Crippen LogP contribution in [0.3, 0.4) is 0 Å². The minimum atomic E-state index is 0.0654. The Labute approximate surface area is 64.8 Å². The zero-order valence-electron chi connectivity index (χ0n) is 6.12. The van der Waals surface area contributed by atoms with Crippen molar-refractivity contribution >= 4 is 12.3 Å². The topological polar surface area (TPSA) is 33.1 Å². The molecule has 0 aliphatic heterocycles. The lowest BCUT2D eigenvalue weighted by Crippen LogP contribution is -2.28. The van der Waals surface area contributed by atoms with E-state index in [4.69, 9.17) is 0 Å². The van der Waals surface area contributed by atoms with Gasteiger partial charge < -0.3 is 5.11 Å². The Morgan fingerprint density at radius 2 is 2.36 bits per heavy atom. The Balaban J connectivity index is 3.59. The Bertz CT molecular complexity index is 367. The van der Waals surface area contributed by atoms with Crippen LogP contribution in [0.25, 0.3) is 12.3 Å². The fourth-order valence-electron chi connectivity index (χ4n) is 0.766. The highest BCUT2D eigenvalue weighted by atomic mass is 16.3. The number of aliphatic hydroxyl groups is 1. The number of hydrogen-bond acceptors (Lipinski definition) is 2. The summed E-state index contributed by atoms with van der Waals surface area (Å²) in [6.45, 7) is 7.12. The minimum Gasteiger partial charge on any atom is -0.506 e. The quantitative estimate of drug-likeness (QED) is 0.621. The summed E-state index contributed by atoms with van der Waals surface area (Å²) in [5.41, 5.74) is 0. The van der Waals surface area contributed by atoms with E-state index in [0.29, 0.717) is 10.6 Å². The van der Waals surface area contributed by atoms with Crippen LogP contribution in [0.2, 0.25) is 0 Å². The molecule has 56 valence electrons. The Morgan fingerprint density at radius 3 is 2.91 bits per heavy atom. The second kappa shape index (κ2) is 3.01. The number of rotatable bonds is 1. The second-order valence-corrected chi connectivity index (χ2v) is 2.10. The van der Waals surface area contributed by atoms with Gasteiger partial charge in [-0.15, -0.1) is 0 Å². The highest BCUT2D eigenvalue weighted by Gasteiger charge is 1.88. The molecule has 0 spiro atoms. The minimum absolute atomic E-state index is 0.0654. The molecule has 11 heavy (non-hydrogen) atoms. The molecule has 0 fully saturated rings. The largest absolute Gasteiger partial charge is 0.506 e. The maximum Gasteiger partial charge on any atom is 0.141 e.